The molecular formula is C11H14Cl2N2. The van der Waals surface area contributed by atoms with Crippen LogP contribution in [0.5, 0.6) is 0 Å². The Morgan fingerprint density at radius 3 is 2.60 bits per heavy atom. The maximum atomic E-state index is 5.94. The van der Waals surface area contributed by atoms with Crippen LogP contribution in [0.4, 0.5) is 0 Å². The van der Waals surface area contributed by atoms with Gasteiger partial charge in [-0.25, -0.2) is 4.98 Å². The molecule has 0 amide bonds. The quantitative estimate of drug-likeness (QED) is 0.813. The van der Waals surface area contributed by atoms with Crippen molar-refractivity contribution >= 4 is 23.2 Å². The van der Waals surface area contributed by atoms with Gasteiger partial charge in [-0.05, 0) is 35.4 Å². The van der Waals surface area contributed by atoms with Crippen LogP contribution >= 0.6 is 23.2 Å². The molecule has 2 nitrogen and oxygen atoms in total. The lowest BCUT2D eigenvalue weighted by molar-refractivity contribution is 0.558. The number of halogens is 2. The van der Waals surface area contributed by atoms with E-state index >= 15 is 0 Å². The summed E-state index contributed by atoms with van der Waals surface area (Å²) in [4.78, 5) is 4.07. The Bertz CT molecular complexity index is 390. The molecule has 0 aliphatic heterocycles. The van der Waals surface area contributed by atoms with Gasteiger partial charge in [0.1, 0.15) is 5.15 Å². The third kappa shape index (κ3) is 1.75. The molecule has 15 heavy (non-hydrogen) atoms. The van der Waals surface area contributed by atoms with Gasteiger partial charge >= 0.3 is 0 Å². The van der Waals surface area contributed by atoms with Crippen LogP contribution in [-0.4, -0.2) is 11.5 Å². The van der Waals surface area contributed by atoms with E-state index in [2.05, 4.69) is 18.8 Å². The fourth-order valence-corrected chi connectivity index (χ4v) is 2.73. The first-order valence-electron chi connectivity index (χ1n) is 4.99. The third-order valence-electron chi connectivity index (χ3n) is 3.48. The molecule has 2 unspecified atom stereocenters. The monoisotopic (exact) mass is 244 g/mol. The molecule has 82 valence electrons. The van der Waals surface area contributed by atoms with E-state index < -0.39 is 0 Å². The van der Waals surface area contributed by atoms with Gasteiger partial charge in [0.15, 0.2) is 0 Å². The van der Waals surface area contributed by atoms with E-state index in [0.717, 1.165) is 5.56 Å². The van der Waals surface area contributed by atoms with Crippen LogP contribution in [0.2, 0.25) is 10.2 Å². The summed E-state index contributed by atoms with van der Waals surface area (Å²) in [5, 5.41) is 0.885. The number of aromatic nitrogens is 1. The highest BCUT2D eigenvalue weighted by atomic mass is 35.5. The number of nitrogens with two attached hydrogens (primary N) is 1. The normalized spacial score (nSPS) is 27.8. The Balaban J connectivity index is 2.29. The summed E-state index contributed by atoms with van der Waals surface area (Å²) in [6.07, 6.45) is 1.80. The lowest BCUT2D eigenvalue weighted by Gasteiger charge is -2.03. The molecule has 4 heteroatoms. The second-order valence-corrected chi connectivity index (χ2v) is 5.45. The van der Waals surface area contributed by atoms with Gasteiger partial charge in [0.05, 0.1) is 5.02 Å². The molecule has 0 aromatic carbocycles. The molecule has 1 aliphatic rings. The number of rotatable bonds is 2. The van der Waals surface area contributed by atoms with E-state index in [1.54, 1.807) is 6.20 Å². The number of nitrogens with zero attached hydrogens (tertiary/aromatic N) is 1. The van der Waals surface area contributed by atoms with Crippen molar-refractivity contribution in [2.45, 2.75) is 19.8 Å². The molecule has 1 fully saturated rings. The van der Waals surface area contributed by atoms with Gasteiger partial charge < -0.3 is 5.73 Å². The van der Waals surface area contributed by atoms with Gasteiger partial charge in [0.25, 0.3) is 0 Å². The largest absolute Gasteiger partial charge is 0.330 e. The molecule has 1 aliphatic carbocycles. The van der Waals surface area contributed by atoms with E-state index in [0.29, 0.717) is 28.6 Å². The summed E-state index contributed by atoms with van der Waals surface area (Å²) < 4.78 is 0. The summed E-state index contributed by atoms with van der Waals surface area (Å²) in [6.45, 7) is 5.15. The zero-order valence-electron chi connectivity index (χ0n) is 8.80. The minimum absolute atomic E-state index is 0.258. The molecule has 0 spiro atoms. The minimum Gasteiger partial charge on any atom is -0.330 e. The highest BCUT2D eigenvalue weighted by molar-refractivity contribution is 6.41. The molecule has 0 radical (unpaired) electrons. The topological polar surface area (TPSA) is 38.9 Å². The van der Waals surface area contributed by atoms with E-state index in [1.807, 2.05) is 6.07 Å². The summed E-state index contributed by atoms with van der Waals surface area (Å²) in [6, 6.07) is 1.90. The van der Waals surface area contributed by atoms with Crippen LogP contribution in [0.1, 0.15) is 25.3 Å². The number of pyridine rings is 1. The minimum atomic E-state index is 0.258. The van der Waals surface area contributed by atoms with Gasteiger partial charge in [0.2, 0.25) is 0 Å². The lowest BCUT2D eigenvalue weighted by Crippen LogP contribution is -2.05. The average Bonchev–Trinajstić information content (AvgIpc) is 2.73. The zero-order chi connectivity index (χ0) is 11.2. The standard InChI is InChI=1S/C11H14Cl2N2/c1-11(2)7(4-14)9(11)6-3-8(12)10(13)15-5-6/h3,5,7,9H,4,14H2,1-2H3. The van der Waals surface area contributed by atoms with Gasteiger partial charge in [-0.1, -0.05) is 37.0 Å². The van der Waals surface area contributed by atoms with Crippen molar-refractivity contribution in [3.05, 3.63) is 28.0 Å². The molecule has 0 saturated heterocycles. The van der Waals surface area contributed by atoms with Crippen LogP contribution in [0.3, 0.4) is 0 Å². The van der Waals surface area contributed by atoms with Gasteiger partial charge in [0, 0.05) is 6.20 Å². The predicted molar refractivity (Wildman–Crippen MR) is 63.3 cm³/mol. The first-order valence-corrected chi connectivity index (χ1v) is 5.75. The lowest BCUT2D eigenvalue weighted by atomic mass is 10.1. The molecule has 2 rings (SSSR count). The highest BCUT2D eigenvalue weighted by Crippen LogP contribution is 2.63. The maximum absolute atomic E-state index is 5.94. The fraction of sp³-hybridized carbons (Fsp3) is 0.545. The summed E-state index contributed by atoms with van der Waals surface area (Å²) >= 11 is 11.7. The SMILES string of the molecule is CC1(C)C(CN)C1c1cnc(Cl)c(Cl)c1. The molecule has 0 bridgehead atoms. The molecule has 1 heterocycles. The van der Waals surface area contributed by atoms with Gasteiger partial charge in [-0.3, -0.25) is 0 Å². The average molecular weight is 245 g/mol. The molecule has 1 aromatic heterocycles. The van der Waals surface area contributed by atoms with Crippen molar-refractivity contribution in [1.29, 1.82) is 0 Å². The molecule has 1 aromatic rings. The first kappa shape index (κ1) is 11.2. The van der Waals surface area contributed by atoms with E-state index in [-0.39, 0.29) is 5.41 Å². The van der Waals surface area contributed by atoms with Crippen molar-refractivity contribution in [3.63, 3.8) is 0 Å². The van der Waals surface area contributed by atoms with Crippen molar-refractivity contribution in [3.8, 4) is 0 Å². The molecule has 2 N–H and O–H groups in total. The second kappa shape index (κ2) is 3.62. The van der Waals surface area contributed by atoms with Crippen LogP contribution in [0.15, 0.2) is 12.3 Å². The first-order chi connectivity index (χ1) is 6.98. The summed E-state index contributed by atoms with van der Waals surface area (Å²) in [7, 11) is 0. The Kier molecular flexibility index (Phi) is 2.70. The Morgan fingerprint density at radius 2 is 2.13 bits per heavy atom. The summed E-state index contributed by atoms with van der Waals surface area (Å²) in [5.41, 5.74) is 7.13. The highest BCUT2D eigenvalue weighted by Gasteiger charge is 2.57. The van der Waals surface area contributed by atoms with Crippen molar-refractivity contribution < 1.29 is 0 Å². The van der Waals surface area contributed by atoms with Crippen LogP contribution in [0, 0.1) is 11.3 Å². The van der Waals surface area contributed by atoms with Crippen molar-refractivity contribution in [2.75, 3.05) is 6.54 Å². The molecule has 1 saturated carbocycles. The van der Waals surface area contributed by atoms with Gasteiger partial charge in [-0.15, -0.1) is 0 Å². The summed E-state index contributed by atoms with van der Waals surface area (Å²) in [5.74, 6) is 0.987. The zero-order valence-corrected chi connectivity index (χ0v) is 10.3. The van der Waals surface area contributed by atoms with Crippen LogP contribution < -0.4 is 5.73 Å². The Labute approximate surface area is 99.8 Å². The molecule has 2 atom stereocenters. The maximum Gasteiger partial charge on any atom is 0.147 e. The van der Waals surface area contributed by atoms with E-state index in [1.165, 1.54) is 0 Å². The predicted octanol–water partition coefficient (Wildman–Crippen LogP) is 3.09. The van der Waals surface area contributed by atoms with Crippen LogP contribution in [0.25, 0.3) is 0 Å². The molecular weight excluding hydrogens is 231 g/mol. The van der Waals surface area contributed by atoms with E-state index in [9.17, 15) is 0 Å². The van der Waals surface area contributed by atoms with Gasteiger partial charge in [-0.2, -0.15) is 0 Å². The Hall–Kier alpha value is -0.310. The van der Waals surface area contributed by atoms with Crippen molar-refractivity contribution in [1.82, 2.24) is 4.98 Å². The smallest absolute Gasteiger partial charge is 0.147 e. The van der Waals surface area contributed by atoms with Crippen LogP contribution in [-0.2, 0) is 0 Å². The van der Waals surface area contributed by atoms with Crippen molar-refractivity contribution in [2.24, 2.45) is 17.1 Å². The fourth-order valence-electron chi connectivity index (χ4n) is 2.45. The third-order valence-corrected chi connectivity index (χ3v) is 4.17. The number of hydrogen-bond acceptors (Lipinski definition) is 2. The van der Waals surface area contributed by atoms with E-state index in [4.69, 9.17) is 28.9 Å². The second-order valence-electron chi connectivity index (χ2n) is 4.68. The number of hydrogen-bond donors (Lipinski definition) is 1. The Morgan fingerprint density at radius 1 is 1.47 bits per heavy atom.